The Morgan fingerprint density at radius 2 is 1.73 bits per heavy atom. The number of hydrogen-bond acceptors (Lipinski definition) is 7. The molecule has 0 saturated carbocycles. The number of anilines is 1. The minimum Gasteiger partial charge on any atom is -0.497 e. The molecule has 0 unspecified atom stereocenters. The Morgan fingerprint density at radius 3 is 2.35 bits per heavy atom. The minimum atomic E-state index is -3.62. The topological polar surface area (TPSA) is 114 Å². The van der Waals surface area contributed by atoms with Crippen LogP contribution in [0.5, 0.6) is 17.2 Å². The summed E-state index contributed by atoms with van der Waals surface area (Å²) in [5.74, 6) is 1.21. The van der Waals surface area contributed by atoms with Gasteiger partial charge in [-0.15, -0.1) is 0 Å². The van der Waals surface area contributed by atoms with Gasteiger partial charge >= 0.3 is 0 Å². The van der Waals surface area contributed by atoms with E-state index in [4.69, 9.17) is 14.2 Å². The molecule has 2 amide bonds. The summed E-state index contributed by atoms with van der Waals surface area (Å²) in [5, 5.41) is 2.86. The van der Waals surface area contributed by atoms with Crippen LogP contribution in [0.2, 0.25) is 0 Å². The Bertz CT molecular complexity index is 1200. The molecule has 0 aliphatic carbocycles. The predicted molar refractivity (Wildman–Crippen MR) is 140 cm³/mol. The van der Waals surface area contributed by atoms with E-state index in [-0.39, 0.29) is 50.6 Å². The van der Waals surface area contributed by atoms with Gasteiger partial charge in [0.05, 0.1) is 19.1 Å². The van der Waals surface area contributed by atoms with E-state index in [0.717, 1.165) is 11.8 Å². The molecule has 10 nitrogen and oxygen atoms in total. The van der Waals surface area contributed by atoms with E-state index in [1.807, 2.05) is 26.0 Å². The quantitative estimate of drug-likeness (QED) is 0.446. The molecular formula is C26H35N3O7S. The molecular weight excluding hydrogens is 498 g/mol. The number of benzene rings is 2. The normalized spacial score (nSPS) is 13.2. The van der Waals surface area contributed by atoms with Crippen molar-refractivity contribution in [3.8, 4) is 17.2 Å². The molecule has 2 aromatic rings. The number of hydrogen-bond donors (Lipinski definition) is 1. The van der Waals surface area contributed by atoms with Gasteiger partial charge in [-0.1, -0.05) is 12.1 Å². The van der Waals surface area contributed by atoms with E-state index >= 15 is 0 Å². The minimum absolute atomic E-state index is 0.0615. The van der Waals surface area contributed by atoms with E-state index in [1.54, 1.807) is 44.4 Å². The van der Waals surface area contributed by atoms with Crippen molar-refractivity contribution in [3.63, 3.8) is 0 Å². The van der Waals surface area contributed by atoms with Crippen LogP contribution in [0.1, 0.15) is 39.2 Å². The van der Waals surface area contributed by atoms with Crippen molar-refractivity contribution in [1.82, 2.24) is 10.2 Å². The molecule has 0 fully saturated rings. The fourth-order valence-corrected chi connectivity index (χ4v) is 4.92. The van der Waals surface area contributed by atoms with E-state index in [2.05, 4.69) is 5.32 Å². The molecule has 1 aliphatic heterocycles. The maximum atomic E-state index is 13.3. The molecule has 1 aliphatic rings. The van der Waals surface area contributed by atoms with Gasteiger partial charge < -0.3 is 24.4 Å². The van der Waals surface area contributed by atoms with Gasteiger partial charge in [-0.25, -0.2) is 8.42 Å². The third-order valence-electron chi connectivity index (χ3n) is 5.91. The van der Waals surface area contributed by atoms with Gasteiger partial charge in [0, 0.05) is 31.6 Å². The molecule has 202 valence electrons. The third kappa shape index (κ3) is 7.51. The van der Waals surface area contributed by atoms with Gasteiger partial charge in [0.1, 0.15) is 11.8 Å². The number of nitrogens with one attached hydrogen (secondary N) is 1. The van der Waals surface area contributed by atoms with Crippen molar-refractivity contribution in [2.75, 3.05) is 31.0 Å². The summed E-state index contributed by atoms with van der Waals surface area (Å²) in [6.45, 7) is 5.81. The van der Waals surface area contributed by atoms with Crippen LogP contribution in [-0.2, 0) is 26.2 Å². The van der Waals surface area contributed by atoms with Crippen molar-refractivity contribution in [3.05, 3.63) is 48.0 Å². The van der Waals surface area contributed by atoms with Crippen LogP contribution in [0.25, 0.3) is 0 Å². The van der Waals surface area contributed by atoms with E-state index in [1.165, 1.54) is 9.21 Å². The second-order valence-electron chi connectivity index (χ2n) is 9.19. The van der Waals surface area contributed by atoms with Crippen molar-refractivity contribution < 1.29 is 32.2 Å². The Hall–Kier alpha value is -3.47. The number of amides is 2. The first-order chi connectivity index (χ1) is 17.5. The molecule has 1 N–H and O–H groups in total. The van der Waals surface area contributed by atoms with Gasteiger partial charge in [0.15, 0.2) is 11.5 Å². The number of carbonyl (C=O) groups excluding carboxylic acids is 2. The number of carbonyl (C=O) groups is 2. The number of fused-ring (bicyclic) bond motifs is 1. The van der Waals surface area contributed by atoms with Crippen molar-refractivity contribution >= 4 is 27.5 Å². The molecule has 0 aromatic heterocycles. The summed E-state index contributed by atoms with van der Waals surface area (Å²) in [5.41, 5.74) is 1.27. The van der Waals surface area contributed by atoms with Crippen LogP contribution < -0.4 is 23.8 Å². The molecule has 2 aromatic carbocycles. The third-order valence-corrected chi connectivity index (χ3v) is 7.10. The molecule has 1 atom stereocenters. The van der Waals surface area contributed by atoms with Gasteiger partial charge in [-0.05, 0) is 57.0 Å². The Balaban J connectivity index is 1.73. The van der Waals surface area contributed by atoms with Gasteiger partial charge in [0.2, 0.25) is 28.6 Å². The van der Waals surface area contributed by atoms with Crippen molar-refractivity contribution in [2.24, 2.45) is 0 Å². The summed E-state index contributed by atoms with van der Waals surface area (Å²) < 4.78 is 42.2. The zero-order valence-electron chi connectivity index (χ0n) is 21.9. The van der Waals surface area contributed by atoms with Crippen LogP contribution in [0.15, 0.2) is 42.5 Å². The highest BCUT2D eigenvalue weighted by Crippen LogP contribution is 2.36. The first-order valence-electron chi connectivity index (χ1n) is 12.1. The smallest absolute Gasteiger partial charge is 0.242 e. The second-order valence-corrected chi connectivity index (χ2v) is 11.1. The number of nitrogens with zero attached hydrogens (tertiary/aromatic N) is 2. The van der Waals surface area contributed by atoms with Gasteiger partial charge in [0.25, 0.3) is 0 Å². The molecule has 0 spiro atoms. The van der Waals surface area contributed by atoms with Crippen molar-refractivity contribution in [2.45, 2.75) is 52.2 Å². The summed E-state index contributed by atoms with van der Waals surface area (Å²) >= 11 is 0. The lowest BCUT2D eigenvalue weighted by atomic mass is 10.1. The number of ether oxygens (including phenoxy) is 3. The lowest BCUT2D eigenvalue weighted by molar-refractivity contribution is -0.140. The van der Waals surface area contributed by atoms with Crippen molar-refractivity contribution in [1.29, 1.82) is 0 Å². The predicted octanol–water partition coefficient (Wildman–Crippen LogP) is 2.91. The zero-order valence-corrected chi connectivity index (χ0v) is 22.7. The standard InChI is InChI=1S/C26H35N3O7S/c1-18(2)27-26(31)19(3)28(16-20-8-11-22(34-4)12-9-20)25(30)7-6-14-29(37(5,32)33)21-10-13-23-24(15-21)36-17-35-23/h8-13,15,18-19H,6-7,14,16-17H2,1-5H3,(H,27,31)/t19-/m1/s1. The average Bonchev–Trinajstić information content (AvgIpc) is 3.31. The highest BCUT2D eigenvalue weighted by molar-refractivity contribution is 7.92. The Kier molecular flexibility index (Phi) is 9.25. The molecule has 3 rings (SSSR count). The summed E-state index contributed by atoms with van der Waals surface area (Å²) in [6.07, 6.45) is 1.44. The van der Waals surface area contributed by atoms with E-state index < -0.39 is 16.1 Å². The Morgan fingerprint density at radius 1 is 1.05 bits per heavy atom. The first-order valence-corrected chi connectivity index (χ1v) is 13.9. The largest absolute Gasteiger partial charge is 0.497 e. The number of rotatable bonds is 12. The fraction of sp³-hybridized carbons (Fsp3) is 0.462. The maximum Gasteiger partial charge on any atom is 0.242 e. The average molecular weight is 534 g/mol. The summed E-state index contributed by atoms with van der Waals surface area (Å²) in [7, 11) is -2.04. The van der Waals surface area contributed by atoms with Crippen LogP contribution in [0.3, 0.4) is 0 Å². The molecule has 0 bridgehead atoms. The molecule has 11 heteroatoms. The zero-order chi connectivity index (χ0) is 27.2. The molecule has 0 saturated heterocycles. The van der Waals surface area contributed by atoms with Gasteiger partial charge in [-0.2, -0.15) is 0 Å². The van der Waals surface area contributed by atoms with Gasteiger partial charge in [-0.3, -0.25) is 13.9 Å². The summed E-state index contributed by atoms with van der Waals surface area (Å²) in [6, 6.07) is 11.4. The van der Waals surface area contributed by atoms with Crippen LogP contribution >= 0.6 is 0 Å². The van der Waals surface area contributed by atoms with Crippen LogP contribution in [-0.4, -0.2) is 63.9 Å². The van der Waals surface area contributed by atoms with Crippen LogP contribution in [0, 0.1) is 0 Å². The highest BCUT2D eigenvalue weighted by Gasteiger charge is 2.27. The highest BCUT2D eigenvalue weighted by atomic mass is 32.2. The maximum absolute atomic E-state index is 13.3. The Labute approximate surface area is 218 Å². The summed E-state index contributed by atoms with van der Waals surface area (Å²) in [4.78, 5) is 27.6. The SMILES string of the molecule is COc1ccc(CN(C(=O)CCCN(c2ccc3c(c2)OCO3)S(C)(=O)=O)[C@H](C)C(=O)NC(C)C)cc1. The lowest BCUT2D eigenvalue weighted by Crippen LogP contribution is -2.49. The van der Waals surface area contributed by atoms with E-state index in [0.29, 0.717) is 22.9 Å². The van der Waals surface area contributed by atoms with E-state index in [9.17, 15) is 18.0 Å². The lowest BCUT2D eigenvalue weighted by Gasteiger charge is -2.30. The molecule has 0 radical (unpaired) electrons. The molecule has 1 heterocycles. The molecule has 37 heavy (non-hydrogen) atoms. The fourth-order valence-electron chi connectivity index (χ4n) is 3.96. The number of methoxy groups -OCH3 is 1. The second kappa shape index (κ2) is 12.2. The first kappa shape index (κ1) is 28.1. The van der Waals surface area contributed by atoms with Crippen LogP contribution in [0.4, 0.5) is 5.69 Å². The monoisotopic (exact) mass is 533 g/mol. The number of sulfonamides is 1.